The van der Waals surface area contributed by atoms with Gasteiger partial charge in [0.2, 0.25) is 0 Å². The molecule has 1 aliphatic heterocycles. The lowest BCUT2D eigenvalue weighted by atomic mass is 10.1. The van der Waals surface area contributed by atoms with E-state index in [4.69, 9.17) is 16.3 Å². The average Bonchev–Trinajstić information content (AvgIpc) is 2.66. The van der Waals surface area contributed by atoms with Gasteiger partial charge in [0.05, 0.1) is 12.7 Å². The summed E-state index contributed by atoms with van der Waals surface area (Å²) < 4.78 is 18.9. The van der Waals surface area contributed by atoms with Crippen LogP contribution in [0.4, 0.5) is 10.1 Å². The van der Waals surface area contributed by atoms with Gasteiger partial charge in [0, 0.05) is 10.7 Å². The van der Waals surface area contributed by atoms with Crippen LogP contribution in [0.25, 0.3) is 0 Å². The van der Waals surface area contributed by atoms with Crippen molar-refractivity contribution in [3.8, 4) is 5.75 Å². The number of ether oxygens (including phenoxy) is 1. The summed E-state index contributed by atoms with van der Waals surface area (Å²) in [6, 6.07) is 10.1. The Balaban J connectivity index is 1.49. The second kappa shape index (κ2) is 9.37. The van der Waals surface area contributed by atoms with Gasteiger partial charge >= 0.3 is 0 Å². The number of methoxy groups -OCH3 is 1. The largest absolute Gasteiger partial charge is 0.496 e. The Morgan fingerprint density at radius 3 is 2.54 bits per heavy atom. The van der Waals surface area contributed by atoms with Crippen molar-refractivity contribution in [1.29, 1.82) is 0 Å². The summed E-state index contributed by atoms with van der Waals surface area (Å²) in [5.74, 6) is 0.491. The first kappa shape index (κ1) is 20.6. The quantitative estimate of drug-likeness (QED) is 0.661. The number of halogens is 2. The molecule has 2 aromatic rings. The Hall–Kier alpha value is -2.15. The number of carbonyl (C=O) groups is 1. The molecule has 1 aliphatic rings. The third kappa shape index (κ3) is 5.44. The van der Waals surface area contributed by atoms with Gasteiger partial charge in [0.15, 0.2) is 6.54 Å². The lowest BCUT2D eigenvalue weighted by molar-refractivity contribution is -1.02. The van der Waals surface area contributed by atoms with E-state index in [9.17, 15) is 9.18 Å². The van der Waals surface area contributed by atoms with E-state index in [0.29, 0.717) is 11.6 Å². The van der Waals surface area contributed by atoms with E-state index in [1.54, 1.807) is 25.3 Å². The SMILES string of the molecule is COc1ccc(F)cc1C[NH+]1CC[NH+](CC(=O)Nc2ccc(Cl)cc2C)CC1. The second-order valence-electron chi connectivity index (χ2n) is 7.32. The van der Waals surface area contributed by atoms with Crippen LogP contribution in [0.1, 0.15) is 11.1 Å². The summed E-state index contributed by atoms with van der Waals surface area (Å²) in [7, 11) is 1.61. The molecule has 0 unspecified atom stereocenters. The topological polar surface area (TPSA) is 47.2 Å². The molecule has 1 saturated heterocycles. The minimum Gasteiger partial charge on any atom is -0.496 e. The first-order valence-electron chi connectivity index (χ1n) is 9.50. The van der Waals surface area contributed by atoms with Gasteiger partial charge in [-0.2, -0.15) is 0 Å². The highest BCUT2D eigenvalue weighted by molar-refractivity contribution is 6.30. The molecule has 1 amide bonds. The highest BCUT2D eigenvalue weighted by Gasteiger charge is 2.26. The highest BCUT2D eigenvalue weighted by atomic mass is 35.5. The maximum atomic E-state index is 13.6. The standard InChI is InChI=1S/C21H25ClFN3O2/c1-15-11-17(22)3-5-19(15)24-21(27)14-26-9-7-25(8-10-26)13-16-12-18(23)4-6-20(16)28-2/h3-6,11-12H,7-10,13-14H2,1-2H3,(H,24,27)/p+2. The number of rotatable bonds is 6. The molecule has 3 N–H and O–H groups in total. The molecular formula is C21H27ClFN3O2+2. The van der Waals surface area contributed by atoms with Gasteiger partial charge < -0.3 is 19.9 Å². The molecule has 5 nitrogen and oxygen atoms in total. The van der Waals surface area contributed by atoms with Crippen molar-refractivity contribution >= 4 is 23.2 Å². The van der Waals surface area contributed by atoms with Crippen LogP contribution in [0, 0.1) is 12.7 Å². The number of quaternary nitrogens is 2. The molecule has 28 heavy (non-hydrogen) atoms. The van der Waals surface area contributed by atoms with Gasteiger partial charge in [-0.1, -0.05) is 11.6 Å². The molecule has 0 atom stereocenters. The van der Waals surface area contributed by atoms with E-state index in [1.807, 2.05) is 19.1 Å². The van der Waals surface area contributed by atoms with Crippen LogP contribution in [-0.4, -0.2) is 45.7 Å². The van der Waals surface area contributed by atoms with Crippen LogP contribution < -0.4 is 19.9 Å². The fraction of sp³-hybridized carbons (Fsp3) is 0.381. The number of hydrogen-bond acceptors (Lipinski definition) is 2. The smallest absolute Gasteiger partial charge is 0.279 e. The number of piperazine rings is 1. The predicted octanol–water partition coefficient (Wildman–Crippen LogP) is 0.718. The van der Waals surface area contributed by atoms with E-state index < -0.39 is 0 Å². The monoisotopic (exact) mass is 407 g/mol. The first-order chi connectivity index (χ1) is 13.4. The van der Waals surface area contributed by atoms with Crippen LogP contribution in [0.15, 0.2) is 36.4 Å². The summed E-state index contributed by atoms with van der Waals surface area (Å²) in [4.78, 5) is 15.0. The van der Waals surface area contributed by atoms with Crippen molar-refractivity contribution in [3.63, 3.8) is 0 Å². The molecule has 2 aromatic carbocycles. The van der Waals surface area contributed by atoms with Crippen molar-refractivity contribution in [1.82, 2.24) is 0 Å². The third-order valence-corrected chi connectivity index (χ3v) is 5.46. The molecule has 0 radical (unpaired) electrons. The molecule has 0 aromatic heterocycles. The van der Waals surface area contributed by atoms with Gasteiger partial charge in [0.25, 0.3) is 5.91 Å². The molecule has 0 aliphatic carbocycles. The minimum absolute atomic E-state index is 0.00988. The fourth-order valence-electron chi connectivity index (χ4n) is 3.65. The number of nitrogens with one attached hydrogen (secondary N) is 3. The molecule has 1 fully saturated rings. The molecule has 1 heterocycles. The zero-order valence-corrected chi connectivity index (χ0v) is 17.0. The maximum absolute atomic E-state index is 13.6. The molecule has 0 bridgehead atoms. The molecule has 0 saturated carbocycles. The van der Waals surface area contributed by atoms with Crippen LogP contribution in [0.3, 0.4) is 0 Å². The number of anilines is 1. The van der Waals surface area contributed by atoms with Crippen molar-refractivity contribution < 1.29 is 23.7 Å². The third-order valence-electron chi connectivity index (χ3n) is 5.22. The van der Waals surface area contributed by atoms with Gasteiger partial charge in [-0.3, -0.25) is 4.79 Å². The Morgan fingerprint density at radius 1 is 1.14 bits per heavy atom. The van der Waals surface area contributed by atoms with E-state index in [-0.39, 0.29) is 11.7 Å². The Bertz CT molecular complexity index is 838. The van der Waals surface area contributed by atoms with Gasteiger partial charge in [0.1, 0.15) is 44.3 Å². The molecule has 3 rings (SSSR count). The lowest BCUT2D eigenvalue weighted by Crippen LogP contribution is -3.28. The number of hydrogen-bond donors (Lipinski definition) is 3. The zero-order valence-electron chi connectivity index (χ0n) is 16.3. The average molecular weight is 408 g/mol. The summed E-state index contributed by atoms with van der Waals surface area (Å²) in [5, 5.41) is 3.64. The van der Waals surface area contributed by atoms with Crippen LogP contribution in [0.5, 0.6) is 5.75 Å². The zero-order chi connectivity index (χ0) is 20.1. The van der Waals surface area contributed by atoms with E-state index in [1.165, 1.54) is 15.9 Å². The van der Waals surface area contributed by atoms with Gasteiger partial charge in [-0.15, -0.1) is 0 Å². The second-order valence-corrected chi connectivity index (χ2v) is 7.75. The minimum atomic E-state index is -0.242. The van der Waals surface area contributed by atoms with Crippen molar-refractivity contribution in [2.45, 2.75) is 13.5 Å². The van der Waals surface area contributed by atoms with Gasteiger partial charge in [-0.25, -0.2) is 4.39 Å². The Labute approximate surface area is 170 Å². The van der Waals surface area contributed by atoms with Crippen molar-refractivity contribution in [3.05, 3.63) is 58.4 Å². The molecule has 150 valence electrons. The molecule has 0 spiro atoms. The molecular weight excluding hydrogens is 381 g/mol. The molecule has 7 heteroatoms. The Morgan fingerprint density at radius 2 is 1.86 bits per heavy atom. The van der Waals surface area contributed by atoms with E-state index >= 15 is 0 Å². The van der Waals surface area contributed by atoms with Crippen LogP contribution in [0.2, 0.25) is 5.02 Å². The van der Waals surface area contributed by atoms with Crippen molar-refractivity contribution in [2.75, 3.05) is 45.2 Å². The van der Waals surface area contributed by atoms with Crippen LogP contribution in [-0.2, 0) is 11.3 Å². The Kier molecular flexibility index (Phi) is 6.88. The number of amides is 1. The van der Waals surface area contributed by atoms with Gasteiger partial charge in [-0.05, 0) is 48.9 Å². The normalized spacial score (nSPS) is 19.3. The van der Waals surface area contributed by atoms with Crippen LogP contribution >= 0.6 is 11.6 Å². The number of aryl methyl sites for hydroxylation is 1. The van der Waals surface area contributed by atoms with Crippen molar-refractivity contribution in [2.24, 2.45) is 0 Å². The summed E-state index contributed by atoms with van der Waals surface area (Å²) in [5.41, 5.74) is 2.64. The maximum Gasteiger partial charge on any atom is 0.279 e. The highest BCUT2D eigenvalue weighted by Crippen LogP contribution is 2.19. The predicted molar refractivity (Wildman–Crippen MR) is 108 cm³/mol. The number of benzene rings is 2. The summed E-state index contributed by atoms with van der Waals surface area (Å²) in [6.45, 7) is 6.77. The summed E-state index contributed by atoms with van der Waals surface area (Å²) >= 11 is 5.96. The van der Waals surface area contributed by atoms with E-state index in [0.717, 1.165) is 55.3 Å². The number of carbonyl (C=O) groups excluding carboxylic acids is 1. The lowest BCUT2D eigenvalue weighted by Gasteiger charge is -2.29. The summed E-state index contributed by atoms with van der Waals surface area (Å²) in [6.07, 6.45) is 0. The first-order valence-corrected chi connectivity index (χ1v) is 9.88. The fourth-order valence-corrected chi connectivity index (χ4v) is 3.88. The van der Waals surface area contributed by atoms with E-state index in [2.05, 4.69) is 5.32 Å².